The van der Waals surface area contributed by atoms with Gasteiger partial charge in [-0.3, -0.25) is 9.52 Å². The Morgan fingerprint density at radius 1 is 0.970 bits per heavy atom. The summed E-state index contributed by atoms with van der Waals surface area (Å²) in [5.41, 5.74) is 1.53. The summed E-state index contributed by atoms with van der Waals surface area (Å²) in [5.74, 6) is 0.319. The van der Waals surface area contributed by atoms with Crippen LogP contribution < -0.4 is 10.0 Å². The molecule has 10 heteroatoms. The number of sulfonamides is 1. The Morgan fingerprint density at radius 3 is 2.30 bits per heavy atom. The zero-order valence-electron chi connectivity index (χ0n) is 17.4. The van der Waals surface area contributed by atoms with Crippen LogP contribution in [0, 0.1) is 0 Å². The molecule has 1 heterocycles. The number of carbonyl (C=O) groups excluding carboxylic acids is 1. The summed E-state index contributed by atoms with van der Waals surface area (Å²) in [6.07, 6.45) is 0. The molecule has 0 bridgehead atoms. The first-order valence-electron chi connectivity index (χ1n) is 9.90. The molecule has 1 aromatic heterocycles. The first-order chi connectivity index (χ1) is 15.8. The van der Waals surface area contributed by atoms with E-state index < -0.39 is 16.1 Å². The van der Waals surface area contributed by atoms with Gasteiger partial charge >= 0.3 is 0 Å². The molecule has 0 unspecified atom stereocenters. The molecular formula is C23H19ClN4O4S. The summed E-state index contributed by atoms with van der Waals surface area (Å²) in [6.45, 7) is 1.74. The minimum atomic E-state index is -3.75. The molecule has 0 fully saturated rings. The molecule has 0 aliphatic carbocycles. The van der Waals surface area contributed by atoms with Crippen LogP contribution in [-0.4, -0.2) is 24.5 Å². The van der Waals surface area contributed by atoms with E-state index >= 15 is 0 Å². The molecule has 1 atom stereocenters. The number of aromatic nitrogens is 2. The molecule has 2 N–H and O–H groups in total. The highest BCUT2D eigenvalue weighted by Gasteiger charge is 2.19. The van der Waals surface area contributed by atoms with Gasteiger partial charge in [-0.2, -0.15) is 4.98 Å². The summed E-state index contributed by atoms with van der Waals surface area (Å²) >= 11 is 5.82. The number of benzene rings is 3. The van der Waals surface area contributed by atoms with Crippen molar-refractivity contribution in [3.63, 3.8) is 0 Å². The number of carbonyl (C=O) groups is 1. The monoisotopic (exact) mass is 482 g/mol. The molecule has 0 aliphatic heterocycles. The predicted octanol–water partition coefficient (Wildman–Crippen LogP) is 4.68. The van der Waals surface area contributed by atoms with Crippen LogP contribution >= 0.6 is 11.6 Å². The van der Waals surface area contributed by atoms with Crippen molar-refractivity contribution in [3.8, 4) is 11.4 Å². The van der Waals surface area contributed by atoms with Gasteiger partial charge in [-0.25, -0.2) is 8.42 Å². The van der Waals surface area contributed by atoms with Gasteiger partial charge in [-0.05, 0) is 67.6 Å². The molecule has 0 aliphatic rings. The van der Waals surface area contributed by atoms with E-state index in [2.05, 4.69) is 20.2 Å². The van der Waals surface area contributed by atoms with Gasteiger partial charge in [0.1, 0.15) is 6.04 Å². The Kier molecular flexibility index (Phi) is 6.43. The second kappa shape index (κ2) is 9.43. The quantitative estimate of drug-likeness (QED) is 0.395. The lowest BCUT2D eigenvalue weighted by atomic mass is 10.2. The number of hydrogen-bond donors (Lipinski definition) is 2. The van der Waals surface area contributed by atoms with Gasteiger partial charge in [0.25, 0.3) is 15.9 Å². The van der Waals surface area contributed by atoms with E-state index in [0.29, 0.717) is 27.7 Å². The second-order valence-electron chi connectivity index (χ2n) is 7.15. The summed E-state index contributed by atoms with van der Waals surface area (Å²) in [7, 11) is -3.75. The number of hydrogen-bond acceptors (Lipinski definition) is 6. The van der Waals surface area contributed by atoms with Gasteiger partial charge in [-0.15, -0.1) is 0 Å². The van der Waals surface area contributed by atoms with E-state index in [1.807, 2.05) is 6.07 Å². The maximum atomic E-state index is 12.5. The lowest BCUT2D eigenvalue weighted by molar-refractivity contribution is 0.0932. The van der Waals surface area contributed by atoms with Crippen LogP contribution in [0.1, 0.15) is 29.2 Å². The summed E-state index contributed by atoms with van der Waals surface area (Å²) in [4.78, 5) is 16.8. The van der Waals surface area contributed by atoms with E-state index in [0.717, 1.165) is 0 Å². The van der Waals surface area contributed by atoms with Crippen LogP contribution in [0.3, 0.4) is 0 Å². The molecule has 168 valence electrons. The first-order valence-corrected chi connectivity index (χ1v) is 11.8. The molecular weight excluding hydrogens is 464 g/mol. The average molecular weight is 483 g/mol. The fourth-order valence-electron chi connectivity index (χ4n) is 2.97. The lowest BCUT2D eigenvalue weighted by Crippen LogP contribution is -2.26. The Bertz CT molecular complexity index is 1360. The average Bonchev–Trinajstić information content (AvgIpc) is 3.31. The second-order valence-corrected chi connectivity index (χ2v) is 9.27. The van der Waals surface area contributed by atoms with Gasteiger partial charge in [0.2, 0.25) is 11.7 Å². The Labute approximate surface area is 195 Å². The number of rotatable bonds is 7. The standard InChI is InChI=1S/C23H19ClN4O4S/c1-15(25-22(29)17-5-3-2-4-6-17)23-26-21(27-32-23)16-7-11-19(12-8-16)28-33(30,31)20-13-9-18(24)10-14-20/h2-15,28H,1H3,(H,25,29)/t15-/m1/s1. The number of nitrogens with one attached hydrogen (secondary N) is 2. The molecule has 0 spiro atoms. The zero-order chi connectivity index (χ0) is 23.4. The number of nitrogens with zero attached hydrogens (tertiary/aromatic N) is 2. The largest absolute Gasteiger partial charge is 0.341 e. The molecule has 3 aromatic carbocycles. The number of anilines is 1. The van der Waals surface area contributed by atoms with E-state index in [1.165, 1.54) is 24.3 Å². The van der Waals surface area contributed by atoms with Gasteiger partial charge < -0.3 is 9.84 Å². The SMILES string of the molecule is C[C@@H](NC(=O)c1ccccc1)c1nc(-c2ccc(NS(=O)(=O)c3ccc(Cl)cc3)cc2)no1. The van der Waals surface area contributed by atoms with Crippen molar-refractivity contribution in [1.82, 2.24) is 15.5 Å². The van der Waals surface area contributed by atoms with Crippen molar-refractivity contribution in [2.45, 2.75) is 17.9 Å². The van der Waals surface area contributed by atoms with Crippen molar-refractivity contribution >= 4 is 33.2 Å². The molecule has 0 saturated heterocycles. The predicted molar refractivity (Wildman–Crippen MR) is 124 cm³/mol. The highest BCUT2D eigenvalue weighted by molar-refractivity contribution is 7.92. The fourth-order valence-corrected chi connectivity index (χ4v) is 4.16. The normalized spacial score (nSPS) is 12.2. The molecule has 8 nitrogen and oxygen atoms in total. The number of halogens is 1. The maximum absolute atomic E-state index is 12.5. The minimum Gasteiger partial charge on any atom is -0.341 e. The van der Waals surface area contributed by atoms with Crippen molar-refractivity contribution in [3.05, 3.63) is 95.3 Å². The zero-order valence-corrected chi connectivity index (χ0v) is 19.0. The van der Waals surface area contributed by atoms with Gasteiger partial charge in [-0.1, -0.05) is 35.0 Å². The van der Waals surface area contributed by atoms with E-state index in [9.17, 15) is 13.2 Å². The van der Waals surface area contributed by atoms with Crippen molar-refractivity contribution < 1.29 is 17.7 Å². The molecule has 0 saturated carbocycles. The summed E-state index contributed by atoms with van der Waals surface area (Å²) in [6, 6.07) is 20.7. The van der Waals surface area contributed by atoms with Crippen LogP contribution in [0.2, 0.25) is 5.02 Å². The Balaban J connectivity index is 1.43. The molecule has 33 heavy (non-hydrogen) atoms. The number of amides is 1. The van der Waals surface area contributed by atoms with Crippen molar-refractivity contribution in [1.29, 1.82) is 0 Å². The van der Waals surface area contributed by atoms with Crippen LogP contribution in [0.15, 0.2) is 88.3 Å². The van der Waals surface area contributed by atoms with Crippen molar-refractivity contribution in [2.75, 3.05) is 4.72 Å². The minimum absolute atomic E-state index is 0.102. The van der Waals surface area contributed by atoms with Crippen LogP contribution in [0.4, 0.5) is 5.69 Å². The van der Waals surface area contributed by atoms with E-state index in [4.69, 9.17) is 16.1 Å². The first kappa shape index (κ1) is 22.5. The molecule has 0 radical (unpaired) electrons. The maximum Gasteiger partial charge on any atom is 0.261 e. The smallest absolute Gasteiger partial charge is 0.261 e. The van der Waals surface area contributed by atoms with Crippen molar-refractivity contribution in [2.24, 2.45) is 0 Å². The highest BCUT2D eigenvalue weighted by atomic mass is 35.5. The van der Waals surface area contributed by atoms with E-state index in [-0.39, 0.29) is 16.7 Å². The molecule has 4 aromatic rings. The fraction of sp³-hybridized carbons (Fsp3) is 0.0870. The van der Waals surface area contributed by atoms with E-state index in [1.54, 1.807) is 55.5 Å². The van der Waals surface area contributed by atoms with Crippen LogP contribution in [-0.2, 0) is 10.0 Å². The summed E-state index contributed by atoms with van der Waals surface area (Å²) < 4.78 is 32.8. The third-order valence-electron chi connectivity index (χ3n) is 4.71. The molecule has 4 rings (SSSR count). The lowest BCUT2D eigenvalue weighted by Gasteiger charge is -2.09. The third-order valence-corrected chi connectivity index (χ3v) is 6.36. The van der Waals surface area contributed by atoms with Gasteiger partial charge in [0.15, 0.2) is 0 Å². The topological polar surface area (TPSA) is 114 Å². The van der Waals surface area contributed by atoms with Gasteiger partial charge in [0.05, 0.1) is 4.90 Å². The molecule has 1 amide bonds. The Morgan fingerprint density at radius 2 is 1.64 bits per heavy atom. The van der Waals surface area contributed by atoms with Gasteiger partial charge in [0, 0.05) is 21.8 Å². The highest BCUT2D eigenvalue weighted by Crippen LogP contribution is 2.23. The summed E-state index contributed by atoms with van der Waals surface area (Å²) in [5, 5.41) is 7.22. The Hall–Kier alpha value is -3.69. The van der Waals surface area contributed by atoms with Crippen LogP contribution in [0.25, 0.3) is 11.4 Å². The van der Waals surface area contributed by atoms with Crippen LogP contribution in [0.5, 0.6) is 0 Å². The third kappa shape index (κ3) is 5.39.